The minimum Gasteiger partial charge on any atom is -0.370 e. The summed E-state index contributed by atoms with van der Waals surface area (Å²) < 4.78 is 26.6. The highest BCUT2D eigenvalue weighted by molar-refractivity contribution is 8.23. The van der Waals surface area contributed by atoms with Crippen molar-refractivity contribution in [2.24, 2.45) is 11.8 Å². The first-order valence-electron chi connectivity index (χ1n) is 14.8. The van der Waals surface area contributed by atoms with Crippen LogP contribution in [0.4, 0.5) is 5.95 Å². The lowest BCUT2D eigenvalue weighted by molar-refractivity contribution is 0.0401. The molecule has 1 saturated heterocycles. The van der Waals surface area contributed by atoms with Crippen molar-refractivity contribution in [3.8, 4) is 0 Å². The van der Waals surface area contributed by atoms with Crippen LogP contribution in [0, 0.1) is 11.8 Å². The van der Waals surface area contributed by atoms with E-state index in [0.29, 0.717) is 23.6 Å². The standard InChI is InChI=1S/C28H44N4O3S.C2H6/c1-4-5-6-22-18-29-27(30-19-22)32-14-12-31(13-15-32)21(2)10-16-35-28-11-9-24(20-36(3,33)34)26(23-7-8-23)25(28)17-28;1-2/h9,11,18-19,21,23,25,33-34H,4-8,10,12-17,20H2,1-3H3;1-2H3. The van der Waals surface area contributed by atoms with Crippen LogP contribution in [-0.4, -0.2) is 80.4 Å². The van der Waals surface area contributed by atoms with Gasteiger partial charge in [0.25, 0.3) is 0 Å². The SMILES string of the molecule is CC.CCCCc1cnc(N2CCN(C(C)CCOC34C=CC(CS(C)(O)O)=C(C5CC5)C3C4)CC2)nc1. The number of aromatic nitrogens is 2. The smallest absolute Gasteiger partial charge is 0.225 e. The van der Waals surface area contributed by atoms with Gasteiger partial charge < -0.3 is 9.64 Å². The number of hydrogen-bond acceptors (Lipinski definition) is 7. The van der Waals surface area contributed by atoms with Gasteiger partial charge in [-0.3, -0.25) is 14.0 Å². The van der Waals surface area contributed by atoms with Crippen LogP contribution in [0.3, 0.4) is 0 Å². The van der Waals surface area contributed by atoms with E-state index in [1.807, 2.05) is 26.2 Å². The van der Waals surface area contributed by atoms with Crippen LogP contribution < -0.4 is 4.90 Å². The van der Waals surface area contributed by atoms with E-state index >= 15 is 0 Å². The quantitative estimate of drug-likeness (QED) is 0.324. The Morgan fingerprint density at radius 1 is 1.13 bits per heavy atom. The molecule has 1 aromatic rings. The second-order valence-corrected chi connectivity index (χ2v) is 13.7. The fraction of sp³-hybridized carbons (Fsp3) is 0.733. The number of piperazine rings is 1. The van der Waals surface area contributed by atoms with Crippen molar-refractivity contribution in [2.45, 2.75) is 84.3 Å². The van der Waals surface area contributed by atoms with Crippen LogP contribution in [0.25, 0.3) is 0 Å². The van der Waals surface area contributed by atoms with Gasteiger partial charge in [0.2, 0.25) is 5.95 Å². The van der Waals surface area contributed by atoms with Crippen LogP contribution in [0.15, 0.2) is 35.7 Å². The number of rotatable bonds is 12. The fourth-order valence-corrected chi connectivity index (χ4v) is 6.79. The van der Waals surface area contributed by atoms with E-state index in [9.17, 15) is 9.11 Å². The van der Waals surface area contributed by atoms with E-state index in [1.165, 1.54) is 36.8 Å². The third kappa shape index (κ3) is 7.39. The minimum atomic E-state index is -2.52. The van der Waals surface area contributed by atoms with Crippen LogP contribution >= 0.6 is 10.6 Å². The number of fused-ring (bicyclic) bond motifs is 1. The maximum Gasteiger partial charge on any atom is 0.225 e. The lowest BCUT2D eigenvalue weighted by Gasteiger charge is -2.38. The van der Waals surface area contributed by atoms with E-state index < -0.39 is 10.6 Å². The molecule has 3 fully saturated rings. The summed E-state index contributed by atoms with van der Waals surface area (Å²) in [5.41, 5.74) is 3.71. The van der Waals surface area contributed by atoms with Crippen molar-refractivity contribution in [1.29, 1.82) is 0 Å². The molecule has 0 aromatic carbocycles. The Hall–Kier alpha value is -1.45. The molecule has 0 spiro atoms. The fourth-order valence-electron chi connectivity index (χ4n) is 5.94. The molecule has 3 aliphatic carbocycles. The molecule has 2 heterocycles. The van der Waals surface area contributed by atoms with E-state index in [1.54, 1.807) is 6.26 Å². The maximum absolute atomic E-state index is 10.0. The Bertz CT molecular complexity index is 965. The van der Waals surface area contributed by atoms with Gasteiger partial charge in [0.15, 0.2) is 0 Å². The zero-order valence-corrected chi connectivity index (χ0v) is 25.1. The molecule has 8 heteroatoms. The van der Waals surface area contributed by atoms with Crippen molar-refractivity contribution >= 4 is 16.5 Å². The molecule has 2 saturated carbocycles. The minimum absolute atomic E-state index is 0.142. The van der Waals surface area contributed by atoms with Gasteiger partial charge in [0.05, 0.1) is 11.4 Å². The molecule has 1 aliphatic heterocycles. The van der Waals surface area contributed by atoms with E-state index in [-0.39, 0.29) is 5.60 Å². The molecule has 4 aliphatic rings. The third-order valence-corrected chi connectivity index (χ3v) is 9.21. The van der Waals surface area contributed by atoms with Gasteiger partial charge in [-0.1, -0.05) is 44.9 Å². The van der Waals surface area contributed by atoms with Gasteiger partial charge in [0, 0.05) is 63.4 Å². The van der Waals surface area contributed by atoms with Crippen molar-refractivity contribution in [3.05, 3.63) is 41.3 Å². The number of ether oxygens (including phenoxy) is 1. The number of hydrogen-bond donors (Lipinski definition) is 2. The Morgan fingerprint density at radius 3 is 2.42 bits per heavy atom. The van der Waals surface area contributed by atoms with Crippen LogP contribution in [-0.2, 0) is 11.2 Å². The zero-order chi connectivity index (χ0) is 27.3. The first-order chi connectivity index (χ1) is 18.3. The number of aryl methyl sites for hydroxylation is 1. The van der Waals surface area contributed by atoms with Crippen molar-refractivity contribution in [1.82, 2.24) is 14.9 Å². The molecule has 1 aromatic heterocycles. The molecule has 5 rings (SSSR count). The van der Waals surface area contributed by atoms with Crippen molar-refractivity contribution < 1.29 is 13.8 Å². The highest BCUT2D eigenvalue weighted by Crippen LogP contribution is 2.61. The van der Waals surface area contributed by atoms with Crippen molar-refractivity contribution in [3.63, 3.8) is 0 Å². The van der Waals surface area contributed by atoms with Gasteiger partial charge in [-0.25, -0.2) is 9.97 Å². The zero-order valence-electron chi connectivity index (χ0n) is 24.2. The average molecular weight is 547 g/mol. The second kappa shape index (κ2) is 12.8. The van der Waals surface area contributed by atoms with Gasteiger partial charge in [0.1, 0.15) is 0 Å². The normalized spacial score (nSPS) is 26.5. The first kappa shape index (κ1) is 29.5. The maximum atomic E-state index is 10.0. The molecule has 2 N–H and O–H groups in total. The number of anilines is 1. The molecule has 38 heavy (non-hydrogen) atoms. The number of allylic oxidation sites excluding steroid dienone is 1. The summed E-state index contributed by atoms with van der Waals surface area (Å²) in [5.74, 6) is 2.32. The van der Waals surface area contributed by atoms with Crippen LogP contribution in [0.1, 0.15) is 71.8 Å². The summed E-state index contributed by atoms with van der Waals surface area (Å²) in [5, 5.41) is 0. The van der Waals surface area contributed by atoms with Gasteiger partial charge in [-0.05, 0) is 62.5 Å². The molecular formula is C30H50N4O3S. The van der Waals surface area contributed by atoms with Gasteiger partial charge >= 0.3 is 0 Å². The van der Waals surface area contributed by atoms with E-state index in [2.05, 4.69) is 45.8 Å². The first-order valence-corrected chi connectivity index (χ1v) is 17.0. The highest BCUT2D eigenvalue weighted by Gasteiger charge is 2.59. The molecule has 214 valence electrons. The highest BCUT2D eigenvalue weighted by atomic mass is 32.3. The largest absolute Gasteiger partial charge is 0.370 e. The molecule has 3 atom stereocenters. The molecule has 0 radical (unpaired) electrons. The summed E-state index contributed by atoms with van der Waals surface area (Å²) in [6, 6.07) is 0.479. The number of nitrogens with zero attached hydrogens (tertiary/aromatic N) is 4. The molecule has 0 bridgehead atoms. The predicted octanol–water partition coefficient (Wildman–Crippen LogP) is 6.18. The molecule has 0 amide bonds. The van der Waals surface area contributed by atoms with Gasteiger partial charge in [-0.2, -0.15) is 10.6 Å². The molecule has 3 unspecified atom stereocenters. The lowest BCUT2D eigenvalue weighted by Crippen LogP contribution is -2.50. The average Bonchev–Trinajstić information content (AvgIpc) is 3.84. The second-order valence-electron chi connectivity index (χ2n) is 11.4. The molecular weight excluding hydrogens is 496 g/mol. The van der Waals surface area contributed by atoms with E-state index in [0.717, 1.165) is 63.6 Å². The topological polar surface area (TPSA) is 82.0 Å². The van der Waals surface area contributed by atoms with Crippen LogP contribution in [0.5, 0.6) is 0 Å². The summed E-state index contributed by atoms with van der Waals surface area (Å²) >= 11 is 0. The Kier molecular flexibility index (Phi) is 9.96. The summed E-state index contributed by atoms with van der Waals surface area (Å²) in [6.07, 6.45) is 17.9. The van der Waals surface area contributed by atoms with Crippen molar-refractivity contribution in [2.75, 3.05) is 49.7 Å². The summed E-state index contributed by atoms with van der Waals surface area (Å²) in [6.45, 7) is 13.3. The monoisotopic (exact) mass is 546 g/mol. The Balaban J connectivity index is 0.00000164. The predicted molar refractivity (Wildman–Crippen MR) is 159 cm³/mol. The van der Waals surface area contributed by atoms with Crippen LogP contribution in [0.2, 0.25) is 0 Å². The summed E-state index contributed by atoms with van der Waals surface area (Å²) in [4.78, 5) is 14.1. The number of unbranched alkanes of at least 4 members (excludes halogenated alkanes) is 1. The van der Waals surface area contributed by atoms with Gasteiger partial charge in [-0.15, -0.1) is 0 Å². The molecule has 7 nitrogen and oxygen atoms in total. The Labute approximate surface area is 232 Å². The Morgan fingerprint density at radius 2 is 1.82 bits per heavy atom. The third-order valence-electron chi connectivity index (χ3n) is 8.35. The summed E-state index contributed by atoms with van der Waals surface area (Å²) in [7, 11) is -2.52. The lowest BCUT2D eigenvalue weighted by atomic mass is 9.93. The van der Waals surface area contributed by atoms with E-state index in [4.69, 9.17) is 4.74 Å².